The average Bonchev–Trinajstić information content (AvgIpc) is 2.71. The highest BCUT2D eigenvalue weighted by Gasteiger charge is 2.31. The Hall–Kier alpha value is -1.31. The lowest BCUT2D eigenvalue weighted by molar-refractivity contribution is -0.126. The van der Waals surface area contributed by atoms with E-state index < -0.39 is 10.0 Å². The van der Waals surface area contributed by atoms with Gasteiger partial charge in [-0.15, -0.1) is 0 Å². The zero-order valence-electron chi connectivity index (χ0n) is 16.3. The number of halogens is 3. The highest BCUT2D eigenvalue weighted by Crippen LogP contribution is 2.26. The van der Waals surface area contributed by atoms with Gasteiger partial charge >= 0.3 is 0 Å². The molecule has 0 atom stereocenters. The summed E-state index contributed by atoms with van der Waals surface area (Å²) in [6, 6.07) is 12.3. The maximum absolute atomic E-state index is 12.7. The van der Waals surface area contributed by atoms with Crippen LogP contribution in [0.15, 0.2) is 42.5 Å². The number of hydrogen-bond acceptors (Lipinski definition) is 3. The largest absolute Gasteiger partial charge is 0.356 e. The lowest BCUT2D eigenvalue weighted by Gasteiger charge is -2.30. The van der Waals surface area contributed by atoms with E-state index in [0.717, 1.165) is 12.0 Å². The van der Waals surface area contributed by atoms with Crippen LogP contribution in [-0.4, -0.2) is 38.3 Å². The second kappa shape index (κ2) is 10.3. The minimum atomic E-state index is -3.51. The first kappa shape index (κ1) is 23.4. The Kier molecular flexibility index (Phi) is 8.04. The molecule has 0 aromatic heterocycles. The van der Waals surface area contributed by atoms with Crippen LogP contribution in [0.5, 0.6) is 0 Å². The zero-order chi connectivity index (χ0) is 21.7. The Labute approximate surface area is 192 Å². The van der Waals surface area contributed by atoms with Crippen molar-refractivity contribution < 1.29 is 13.2 Å². The van der Waals surface area contributed by atoms with E-state index in [1.807, 2.05) is 24.3 Å². The normalized spacial score (nSPS) is 15.8. The molecule has 9 heteroatoms. The fraction of sp³-hybridized carbons (Fsp3) is 0.381. The lowest BCUT2D eigenvalue weighted by atomic mass is 9.97. The molecule has 2 aromatic carbocycles. The Morgan fingerprint density at radius 3 is 2.27 bits per heavy atom. The van der Waals surface area contributed by atoms with E-state index in [0.29, 0.717) is 53.1 Å². The van der Waals surface area contributed by atoms with Gasteiger partial charge in [0.25, 0.3) is 0 Å². The molecule has 0 bridgehead atoms. The lowest BCUT2D eigenvalue weighted by Crippen LogP contribution is -2.43. The van der Waals surface area contributed by atoms with Crippen LogP contribution in [0.2, 0.25) is 15.1 Å². The molecule has 1 N–H and O–H groups in total. The Balaban J connectivity index is 1.47. The van der Waals surface area contributed by atoms with E-state index in [2.05, 4.69) is 5.32 Å². The fourth-order valence-electron chi connectivity index (χ4n) is 3.45. The van der Waals surface area contributed by atoms with Crippen molar-refractivity contribution in [3.63, 3.8) is 0 Å². The van der Waals surface area contributed by atoms with Crippen molar-refractivity contribution in [2.75, 3.05) is 19.6 Å². The first-order chi connectivity index (χ1) is 14.2. The second-order valence-corrected chi connectivity index (χ2v) is 10.6. The van der Waals surface area contributed by atoms with Gasteiger partial charge in [0.1, 0.15) is 0 Å². The summed E-state index contributed by atoms with van der Waals surface area (Å²) in [5.74, 6) is -0.386. The molecule has 1 aliphatic heterocycles. The molecular weight excluding hydrogens is 467 g/mol. The third-order valence-corrected chi connectivity index (χ3v) is 7.86. The van der Waals surface area contributed by atoms with Crippen LogP contribution in [0.25, 0.3) is 0 Å². The zero-order valence-corrected chi connectivity index (χ0v) is 19.4. The maximum atomic E-state index is 12.7. The highest BCUT2D eigenvalue weighted by atomic mass is 35.5. The van der Waals surface area contributed by atoms with Crippen molar-refractivity contribution >= 4 is 50.7 Å². The number of carbonyl (C=O) groups is 1. The first-order valence-electron chi connectivity index (χ1n) is 9.68. The third kappa shape index (κ3) is 6.34. The van der Waals surface area contributed by atoms with E-state index in [9.17, 15) is 13.2 Å². The summed E-state index contributed by atoms with van der Waals surface area (Å²) in [4.78, 5) is 12.4. The van der Waals surface area contributed by atoms with Gasteiger partial charge in [-0.2, -0.15) is 0 Å². The molecule has 0 spiro atoms. The van der Waals surface area contributed by atoms with Gasteiger partial charge in [-0.3, -0.25) is 4.79 Å². The minimum absolute atomic E-state index is 0.0262. The van der Waals surface area contributed by atoms with E-state index >= 15 is 0 Å². The van der Waals surface area contributed by atoms with Crippen molar-refractivity contribution in [2.45, 2.75) is 25.0 Å². The summed E-state index contributed by atoms with van der Waals surface area (Å²) in [5.41, 5.74) is 1.62. The molecule has 30 heavy (non-hydrogen) atoms. The van der Waals surface area contributed by atoms with E-state index in [1.165, 1.54) is 10.4 Å². The van der Waals surface area contributed by atoms with Gasteiger partial charge in [-0.05, 0) is 54.7 Å². The number of rotatable bonds is 7. The number of hydrogen-bond donors (Lipinski definition) is 1. The Bertz CT molecular complexity index is 989. The van der Waals surface area contributed by atoms with E-state index in [4.69, 9.17) is 34.8 Å². The van der Waals surface area contributed by atoms with Crippen molar-refractivity contribution in [1.29, 1.82) is 0 Å². The van der Waals surface area contributed by atoms with Crippen LogP contribution in [-0.2, 0) is 27.0 Å². The molecule has 0 saturated carbocycles. The van der Waals surface area contributed by atoms with Crippen LogP contribution in [0, 0.1) is 5.92 Å². The van der Waals surface area contributed by atoms with E-state index in [-0.39, 0.29) is 17.6 Å². The fourth-order valence-corrected chi connectivity index (χ4v) is 5.72. The van der Waals surface area contributed by atoms with Crippen LogP contribution in [0.4, 0.5) is 0 Å². The van der Waals surface area contributed by atoms with Gasteiger partial charge in [-0.25, -0.2) is 12.7 Å². The number of nitrogens with one attached hydrogen (secondary N) is 1. The smallest absolute Gasteiger partial charge is 0.223 e. The molecule has 2 aromatic rings. The first-order valence-corrected chi connectivity index (χ1v) is 12.4. The van der Waals surface area contributed by atoms with Gasteiger partial charge in [0, 0.05) is 40.6 Å². The van der Waals surface area contributed by atoms with E-state index in [1.54, 1.807) is 12.1 Å². The third-order valence-electron chi connectivity index (χ3n) is 5.20. The van der Waals surface area contributed by atoms with Crippen LogP contribution in [0.3, 0.4) is 0 Å². The summed E-state index contributed by atoms with van der Waals surface area (Å²) in [6.45, 7) is 1.18. The molecular formula is C21H23Cl3N2O3S. The summed E-state index contributed by atoms with van der Waals surface area (Å²) >= 11 is 17.9. The quantitative estimate of drug-likeness (QED) is 0.620. The molecule has 162 valence electrons. The van der Waals surface area contributed by atoms with Crippen LogP contribution >= 0.6 is 34.8 Å². The Morgan fingerprint density at radius 2 is 1.63 bits per heavy atom. The summed E-state index contributed by atoms with van der Waals surface area (Å²) < 4.78 is 26.9. The molecule has 1 aliphatic rings. The second-order valence-electron chi connectivity index (χ2n) is 7.33. The monoisotopic (exact) mass is 488 g/mol. The van der Waals surface area contributed by atoms with Crippen molar-refractivity contribution in [3.8, 4) is 0 Å². The number of piperidine rings is 1. The molecule has 1 amide bonds. The molecule has 1 heterocycles. The molecule has 0 radical (unpaired) electrons. The number of carbonyl (C=O) groups excluding carboxylic acids is 1. The molecule has 5 nitrogen and oxygen atoms in total. The van der Waals surface area contributed by atoms with Crippen LogP contribution < -0.4 is 5.32 Å². The standard InChI is InChI=1S/C21H23Cl3N2O3S/c22-18-4-1-15(2-5-18)7-10-25-21(27)16-8-11-26(12-9-16)30(28,29)14-17-3-6-19(23)13-20(17)24/h1-6,13,16H,7-12,14H2,(H,25,27). The van der Waals surface area contributed by atoms with Gasteiger partial charge in [0.05, 0.1) is 5.75 Å². The van der Waals surface area contributed by atoms with Crippen molar-refractivity contribution in [3.05, 3.63) is 68.7 Å². The summed E-state index contributed by atoms with van der Waals surface area (Å²) in [5, 5.41) is 4.43. The summed E-state index contributed by atoms with van der Waals surface area (Å²) in [7, 11) is -3.51. The molecule has 0 unspecified atom stereocenters. The number of sulfonamides is 1. The predicted molar refractivity (Wildman–Crippen MR) is 122 cm³/mol. The Morgan fingerprint density at radius 1 is 1.00 bits per heavy atom. The minimum Gasteiger partial charge on any atom is -0.356 e. The van der Waals surface area contributed by atoms with Crippen molar-refractivity contribution in [2.24, 2.45) is 5.92 Å². The molecule has 1 saturated heterocycles. The number of amides is 1. The van der Waals surface area contributed by atoms with Gasteiger partial charge in [0.2, 0.25) is 15.9 Å². The number of nitrogens with zero attached hydrogens (tertiary/aromatic N) is 1. The average molecular weight is 490 g/mol. The van der Waals surface area contributed by atoms with Gasteiger partial charge < -0.3 is 5.32 Å². The number of benzene rings is 2. The van der Waals surface area contributed by atoms with Crippen LogP contribution in [0.1, 0.15) is 24.0 Å². The molecule has 1 fully saturated rings. The SMILES string of the molecule is O=C(NCCc1ccc(Cl)cc1)C1CCN(S(=O)(=O)Cc2ccc(Cl)cc2Cl)CC1. The maximum Gasteiger partial charge on any atom is 0.223 e. The highest BCUT2D eigenvalue weighted by molar-refractivity contribution is 7.88. The summed E-state index contributed by atoms with van der Waals surface area (Å²) in [6.07, 6.45) is 1.72. The van der Waals surface area contributed by atoms with Crippen molar-refractivity contribution in [1.82, 2.24) is 9.62 Å². The molecule has 3 rings (SSSR count). The van der Waals surface area contributed by atoms with Gasteiger partial charge in [0.15, 0.2) is 0 Å². The topological polar surface area (TPSA) is 66.5 Å². The van der Waals surface area contributed by atoms with Gasteiger partial charge in [-0.1, -0.05) is 53.0 Å². The predicted octanol–water partition coefficient (Wildman–Crippen LogP) is 4.55. The molecule has 0 aliphatic carbocycles.